The van der Waals surface area contributed by atoms with Crippen molar-refractivity contribution in [2.75, 3.05) is 13.7 Å². The monoisotopic (exact) mass is 322 g/mol. The fourth-order valence-corrected chi connectivity index (χ4v) is 2.37. The van der Waals surface area contributed by atoms with Crippen molar-refractivity contribution >= 4 is 11.0 Å². The predicted octanol–water partition coefficient (Wildman–Crippen LogP) is 4.42. The van der Waals surface area contributed by atoms with E-state index in [9.17, 15) is 4.79 Å². The standard InChI is InChI=1S/C20H18O4/c1-13(2)11-23-16-8-9-17-19(10-16)24-12-18(20(17)21)14-4-6-15(22-3)7-5-14/h4-10,12H,1,11H2,2-3H3. The molecule has 0 aliphatic rings. The van der Waals surface area contributed by atoms with Gasteiger partial charge in [0.1, 0.15) is 30.0 Å². The van der Waals surface area contributed by atoms with Crippen LogP contribution in [0.25, 0.3) is 22.1 Å². The summed E-state index contributed by atoms with van der Waals surface area (Å²) in [7, 11) is 1.60. The van der Waals surface area contributed by atoms with Crippen LogP contribution < -0.4 is 14.9 Å². The van der Waals surface area contributed by atoms with Gasteiger partial charge in [0.25, 0.3) is 0 Å². The van der Waals surface area contributed by atoms with Gasteiger partial charge in [-0.1, -0.05) is 18.7 Å². The van der Waals surface area contributed by atoms with Gasteiger partial charge in [-0.15, -0.1) is 0 Å². The maximum Gasteiger partial charge on any atom is 0.200 e. The second kappa shape index (κ2) is 6.62. The van der Waals surface area contributed by atoms with Gasteiger partial charge in [0.05, 0.1) is 18.1 Å². The highest BCUT2D eigenvalue weighted by Crippen LogP contribution is 2.24. The highest BCUT2D eigenvalue weighted by molar-refractivity contribution is 5.82. The summed E-state index contributed by atoms with van der Waals surface area (Å²) in [4.78, 5) is 12.7. The number of methoxy groups -OCH3 is 1. The van der Waals surface area contributed by atoms with Crippen molar-refractivity contribution in [2.24, 2.45) is 0 Å². The number of fused-ring (bicyclic) bond motifs is 1. The molecule has 0 fully saturated rings. The van der Waals surface area contributed by atoms with E-state index in [1.807, 2.05) is 31.2 Å². The molecule has 0 aliphatic carbocycles. The maximum absolute atomic E-state index is 12.7. The molecule has 4 nitrogen and oxygen atoms in total. The first kappa shape index (κ1) is 15.9. The van der Waals surface area contributed by atoms with Crippen molar-refractivity contribution in [3.05, 3.63) is 71.1 Å². The van der Waals surface area contributed by atoms with Gasteiger partial charge in [-0.3, -0.25) is 4.79 Å². The van der Waals surface area contributed by atoms with Crippen molar-refractivity contribution in [3.8, 4) is 22.6 Å². The van der Waals surface area contributed by atoms with Gasteiger partial charge in [-0.25, -0.2) is 0 Å². The molecule has 122 valence electrons. The summed E-state index contributed by atoms with van der Waals surface area (Å²) >= 11 is 0. The minimum Gasteiger partial charge on any atom is -0.497 e. The van der Waals surface area contributed by atoms with E-state index in [0.717, 1.165) is 16.9 Å². The van der Waals surface area contributed by atoms with E-state index in [-0.39, 0.29) is 5.43 Å². The highest BCUT2D eigenvalue weighted by Gasteiger charge is 2.10. The van der Waals surface area contributed by atoms with Crippen molar-refractivity contribution in [1.82, 2.24) is 0 Å². The van der Waals surface area contributed by atoms with Gasteiger partial charge in [0.15, 0.2) is 5.43 Å². The summed E-state index contributed by atoms with van der Waals surface area (Å²) in [5.41, 5.74) is 2.64. The largest absolute Gasteiger partial charge is 0.497 e. The summed E-state index contributed by atoms with van der Waals surface area (Å²) in [5.74, 6) is 1.38. The molecule has 4 heteroatoms. The lowest BCUT2D eigenvalue weighted by molar-refractivity contribution is 0.352. The zero-order chi connectivity index (χ0) is 17.1. The lowest BCUT2D eigenvalue weighted by Crippen LogP contribution is -2.05. The summed E-state index contributed by atoms with van der Waals surface area (Å²) in [6.07, 6.45) is 1.48. The van der Waals surface area contributed by atoms with Crippen molar-refractivity contribution in [1.29, 1.82) is 0 Å². The zero-order valence-electron chi connectivity index (χ0n) is 13.7. The molecule has 3 rings (SSSR count). The second-order valence-corrected chi connectivity index (χ2v) is 5.61. The van der Waals surface area contributed by atoms with Crippen molar-refractivity contribution in [3.63, 3.8) is 0 Å². The Morgan fingerprint density at radius 1 is 1.12 bits per heavy atom. The van der Waals surface area contributed by atoms with Crippen LogP contribution in [0, 0.1) is 0 Å². The summed E-state index contributed by atoms with van der Waals surface area (Å²) in [5, 5.41) is 0.519. The first-order valence-corrected chi connectivity index (χ1v) is 7.55. The normalized spacial score (nSPS) is 10.6. The predicted molar refractivity (Wildman–Crippen MR) is 94.8 cm³/mol. The number of ether oxygens (including phenoxy) is 2. The molecule has 0 unspecified atom stereocenters. The summed E-state index contributed by atoms with van der Waals surface area (Å²) in [6.45, 7) is 6.12. The Balaban J connectivity index is 1.99. The van der Waals surface area contributed by atoms with Gasteiger partial charge in [-0.2, -0.15) is 0 Å². The van der Waals surface area contributed by atoms with Crippen molar-refractivity contribution in [2.45, 2.75) is 6.92 Å². The molecule has 0 N–H and O–H groups in total. The quantitative estimate of drug-likeness (QED) is 0.652. The van der Waals surface area contributed by atoms with Gasteiger partial charge >= 0.3 is 0 Å². The van der Waals surface area contributed by atoms with E-state index in [1.54, 1.807) is 25.3 Å². The van der Waals surface area contributed by atoms with E-state index in [1.165, 1.54) is 6.26 Å². The maximum atomic E-state index is 12.7. The van der Waals surface area contributed by atoms with Gasteiger partial charge in [0.2, 0.25) is 0 Å². The fraction of sp³-hybridized carbons (Fsp3) is 0.150. The molecule has 0 saturated carbocycles. The second-order valence-electron chi connectivity index (χ2n) is 5.61. The van der Waals surface area contributed by atoms with Gasteiger partial charge < -0.3 is 13.9 Å². The number of hydrogen-bond donors (Lipinski definition) is 0. The molecule has 24 heavy (non-hydrogen) atoms. The summed E-state index contributed by atoms with van der Waals surface area (Å²) in [6, 6.07) is 12.5. The van der Waals surface area contributed by atoms with Crippen LogP contribution in [0.3, 0.4) is 0 Å². The van der Waals surface area contributed by atoms with Crippen LogP contribution >= 0.6 is 0 Å². The fourth-order valence-electron chi connectivity index (χ4n) is 2.37. The molecule has 2 aromatic carbocycles. The minimum atomic E-state index is -0.0760. The van der Waals surface area contributed by atoms with E-state index in [0.29, 0.717) is 28.9 Å². The first-order valence-electron chi connectivity index (χ1n) is 7.55. The van der Waals surface area contributed by atoms with Crippen LogP contribution in [0.5, 0.6) is 11.5 Å². The average Bonchev–Trinajstić information content (AvgIpc) is 2.60. The Hall–Kier alpha value is -3.01. The van der Waals surface area contributed by atoms with E-state index < -0.39 is 0 Å². The Labute approximate surface area is 139 Å². The van der Waals surface area contributed by atoms with Crippen LogP contribution in [0.15, 0.2) is 70.1 Å². The molecule has 1 heterocycles. The lowest BCUT2D eigenvalue weighted by atomic mass is 10.1. The molecular weight excluding hydrogens is 304 g/mol. The molecular formula is C20H18O4. The Kier molecular flexibility index (Phi) is 4.38. The van der Waals surface area contributed by atoms with Crippen LogP contribution in [0.4, 0.5) is 0 Å². The van der Waals surface area contributed by atoms with E-state index in [2.05, 4.69) is 6.58 Å². The first-order chi connectivity index (χ1) is 11.6. The van der Waals surface area contributed by atoms with Crippen LogP contribution in [0.1, 0.15) is 6.92 Å². The molecule has 3 aromatic rings. The van der Waals surface area contributed by atoms with E-state index in [4.69, 9.17) is 13.9 Å². The van der Waals surface area contributed by atoms with E-state index >= 15 is 0 Å². The molecule has 0 saturated heterocycles. The smallest absolute Gasteiger partial charge is 0.200 e. The van der Waals surface area contributed by atoms with Gasteiger partial charge in [-0.05, 0) is 42.3 Å². The Morgan fingerprint density at radius 2 is 1.83 bits per heavy atom. The third-order valence-corrected chi connectivity index (χ3v) is 3.63. The number of benzene rings is 2. The van der Waals surface area contributed by atoms with Crippen LogP contribution in [-0.2, 0) is 0 Å². The Bertz CT molecular complexity index is 936. The third-order valence-electron chi connectivity index (χ3n) is 3.63. The molecule has 0 spiro atoms. The lowest BCUT2D eigenvalue weighted by Gasteiger charge is -2.07. The number of hydrogen-bond acceptors (Lipinski definition) is 4. The molecule has 0 aliphatic heterocycles. The van der Waals surface area contributed by atoms with Crippen LogP contribution in [0.2, 0.25) is 0 Å². The number of rotatable bonds is 5. The molecule has 0 bridgehead atoms. The van der Waals surface area contributed by atoms with Gasteiger partial charge in [0, 0.05) is 6.07 Å². The molecule has 0 atom stereocenters. The Morgan fingerprint density at radius 3 is 2.50 bits per heavy atom. The average molecular weight is 322 g/mol. The topological polar surface area (TPSA) is 48.7 Å². The summed E-state index contributed by atoms with van der Waals surface area (Å²) < 4.78 is 16.4. The van der Waals surface area contributed by atoms with Crippen molar-refractivity contribution < 1.29 is 13.9 Å². The molecule has 1 aromatic heterocycles. The third kappa shape index (κ3) is 3.18. The SMILES string of the molecule is C=C(C)COc1ccc2c(=O)c(-c3ccc(OC)cc3)coc2c1. The molecule has 0 amide bonds. The highest BCUT2D eigenvalue weighted by atomic mass is 16.5. The minimum absolute atomic E-state index is 0.0760. The molecule has 0 radical (unpaired) electrons. The zero-order valence-corrected chi connectivity index (χ0v) is 13.7. The van der Waals surface area contributed by atoms with Crippen LogP contribution in [-0.4, -0.2) is 13.7 Å².